The second-order valence-corrected chi connectivity index (χ2v) is 5.79. The second kappa shape index (κ2) is 9.64. The summed E-state index contributed by atoms with van der Waals surface area (Å²) < 4.78 is 16.8. The number of halogens is 1. The van der Waals surface area contributed by atoms with Crippen LogP contribution in [0.25, 0.3) is 6.08 Å². The van der Waals surface area contributed by atoms with E-state index in [2.05, 4.69) is 27.5 Å². The van der Waals surface area contributed by atoms with E-state index in [-0.39, 0.29) is 6.61 Å². The summed E-state index contributed by atoms with van der Waals surface area (Å²) in [7, 11) is 1.56. The van der Waals surface area contributed by atoms with Gasteiger partial charge in [-0.15, -0.1) is 0 Å². The second-order valence-electron chi connectivity index (χ2n) is 4.94. The van der Waals surface area contributed by atoms with Gasteiger partial charge in [0, 0.05) is 24.0 Å². The summed E-state index contributed by atoms with van der Waals surface area (Å²) in [5.74, 6) is 0.696. The number of rotatable bonds is 8. The Hall–Kier alpha value is -2.60. The number of carbonyl (C=O) groups is 1. The zero-order valence-corrected chi connectivity index (χ0v) is 15.4. The van der Waals surface area contributed by atoms with Crippen LogP contribution in [0.4, 0.5) is 0 Å². The fraction of sp³-hybridized carbons (Fsp3) is 0.158. The molecule has 1 aromatic heterocycles. The molecule has 1 aromatic carbocycles. The van der Waals surface area contributed by atoms with Crippen LogP contribution in [0.15, 0.2) is 59.9 Å². The van der Waals surface area contributed by atoms with Gasteiger partial charge in [0.25, 0.3) is 0 Å². The van der Waals surface area contributed by atoms with Gasteiger partial charge >= 0.3 is 5.97 Å². The minimum atomic E-state index is -0.438. The van der Waals surface area contributed by atoms with Crippen LogP contribution in [0.5, 0.6) is 11.5 Å². The van der Waals surface area contributed by atoms with Gasteiger partial charge in [0.1, 0.15) is 13.2 Å². The number of ether oxygens (including phenoxy) is 3. The maximum Gasteiger partial charge on any atom is 0.331 e. The van der Waals surface area contributed by atoms with Gasteiger partial charge in [-0.2, -0.15) is 0 Å². The lowest BCUT2D eigenvalue weighted by Crippen LogP contribution is -2.00. The van der Waals surface area contributed by atoms with Crippen molar-refractivity contribution in [2.24, 2.45) is 0 Å². The Balaban J connectivity index is 2.13. The third kappa shape index (κ3) is 5.76. The molecule has 0 bridgehead atoms. The number of esters is 1. The quantitative estimate of drug-likeness (QED) is 0.376. The first-order valence-electron chi connectivity index (χ1n) is 7.49. The molecule has 0 saturated carbocycles. The molecule has 0 N–H and O–H groups in total. The van der Waals surface area contributed by atoms with Crippen LogP contribution in [0, 0.1) is 0 Å². The van der Waals surface area contributed by atoms with Crippen molar-refractivity contribution < 1.29 is 19.0 Å². The van der Waals surface area contributed by atoms with E-state index in [4.69, 9.17) is 14.2 Å². The van der Waals surface area contributed by atoms with Crippen molar-refractivity contribution in [3.05, 3.63) is 71.0 Å². The molecule has 0 aliphatic carbocycles. The zero-order chi connectivity index (χ0) is 18.1. The van der Waals surface area contributed by atoms with E-state index in [0.717, 1.165) is 15.6 Å². The normalized spacial score (nSPS) is 10.5. The van der Waals surface area contributed by atoms with Gasteiger partial charge in [0.15, 0.2) is 11.5 Å². The molecule has 0 aliphatic heterocycles. The van der Waals surface area contributed by atoms with E-state index < -0.39 is 5.97 Å². The van der Waals surface area contributed by atoms with Crippen molar-refractivity contribution >= 4 is 28.0 Å². The minimum absolute atomic E-state index is 0.178. The molecular formula is C19H18BrNO4. The molecule has 0 fully saturated rings. The number of pyridine rings is 1. The molecule has 0 amide bonds. The van der Waals surface area contributed by atoms with E-state index in [1.165, 1.54) is 12.2 Å². The molecule has 0 spiro atoms. The highest BCUT2D eigenvalue weighted by molar-refractivity contribution is 9.10. The van der Waals surface area contributed by atoms with Gasteiger partial charge in [0.2, 0.25) is 0 Å². The molecule has 130 valence electrons. The Morgan fingerprint density at radius 3 is 2.92 bits per heavy atom. The van der Waals surface area contributed by atoms with Crippen molar-refractivity contribution in [2.75, 3.05) is 13.7 Å². The van der Waals surface area contributed by atoms with Crippen LogP contribution in [-0.2, 0) is 16.1 Å². The molecule has 0 atom stereocenters. The van der Waals surface area contributed by atoms with E-state index in [1.807, 2.05) is 18.2 Å². The first-order valence-corrected chi connectivity index (χ1v) is 8.28. The van der Waals surface area contributed by atoms with Gasteiger partial charge in [-0.05, 0) is 45.8 Å². The SMILES string of the molecule is C=CCOC(=O)/C=C/c1cc(Br)c(OCc2cccnc2)c(OC)c1. The number of methoxy groups -OCH3 is 1. The molecule has 0 unspecified atom stereocenters. The van der Waals surface area contributed by atoms with Gasteiger partial charge in [0.05, 0.1) is 11.6 Å². The van der Waals surface area contributed by atoms with E-state index in [1.54, 1.807) is 31.6 Å². The molecule has 2 aromatic rings. The minimum Gasteiger partial charge on any atom is -0.493 e. The molecule has 1 heterocycles. The van der Waals surface area contributed by atoms with Crippen molar-refractivity contribution in [3.8, 4) is 11.5 Å². The Bertz CT molecular complexity index is 760. The van der Waals surface area contributed by atoms with Crippen molar-refractivity contribution in [2.45, 2.75) is 6.61 Å². The Labute approximate surface area is 155 Å². The largest absolute Gasteiger partial charge is 0.493 e. The molecule has 5 nitrogen and oxygen atoms in total. The number of nitrogens with zero attached hydrogens (tertiary/aromatic N) is 1. The lowest BCUT2D eigenvalue weighted by molar-refractivity contribution is -0.136. The summed E-state index contributed by atoms with van der Waals surface area (Å²) in [4.78, 5) is 15.6. The standard InChI is InChI=1S/C19H18BrNO4/c1-3-9-24-18(22)7-6-14-10-16(20)19(17(11-14)23-2)25-13-15-5-4-8-21-12-15/h3-8,10-12H,1,9,13H2,2H3/b7-6+. The maximum absolute atomic E-state index is 11.5. The first kappa shape index (κ1) is 18.7. The highest BCUT2D eigenvalue weighted by Gasteiger charge is 2.11. The van der Waals surface area contributed by atoms with Crippen molar-refractivity contribution in [1.82, 2.24) is 4.98 Å². The Morgan fingerprint density at radius 2 is 2.24 bits per heavy atom. The van der Waals surface area contributed by atoms with E-state index in [9.17, 15) is 4.79 Å². The number of hydrogen-bond acceptors (Lipinski definition) is 5. The van der Waals surface area contributed by atoms with Gasteiger partial charge in [-0.3, -0.25) is 4.98 Å². The third-order valence-corrected chi connectivity index (χ3v) is 3.70. The van der Waals surface area contributed by atoms with Crippen LogP contribution in [0.3, 0.4) is 0 Å². The summed E-state index contributed by atoms with van der Waals surface area (Å²) in [6.45, 7) is 4.04. The molecule has 2 rings (SSSR count). The molecule has 6 heteroatoms. The first-order chi connectivity index (χ1) is 12.1. The smallest absolute Gasteiger partial charge is 0.331 e. The lowest BCUT2D eigenvalue weighted by Gasteiger charge is -2.13. The molecule has 0 radical (unpaired) electrons. The molecular weight excluding hydrogens is 386 g/mol. The summed E-state index contributed by atoms with van der Waals surface area (Å²) in [5, 5.41) is 0. The fourth-order valence-corrected chi connectivity index (χ4v) is 2.54. The Morgan fingerprint density at radius 1 is 1.40 bits per heavy atom. The molecule has 0 saturated heterocycles. The van der Waals surface area contributed by atoms with Gasteiger partial charge < -0.3 is 14.2 Å². The van der Waals surface area contributed by atoms with Crippen molar-refractivity contribution in [3.63, 3.8) is 0 Å². The zero-order valence-electron chi connectivity index (χ0n) is 13.8. The summed E-state index contributed by atoms with van der Waals surface area (Å²) >= 11 is 3.48. The highest BCUT2D eigenvalue weighted by atomic mass is 79.9. The monoisotopic (exact) mass is 403 g/mol. The molecule has 25 heavy (non-hydrogen) atoms. The van der Waals surface area contributed by atoms with Crippen LogP contribution >= 0.6 is 15.9 Å². The highest BCUT2D eigenvalue weighted by Crippen LogP contribution is 2.37. The van der Waals surface area contributed by atoms with Gasteiger partial charge in [-0.25, -0.2) is 4.79 Å². The third-order valence-electron chi connectivity index (χ3n) is 3.11. The summed E-state index contributed by atoms with van der Waals surface area (Å²) in [6.07, 6.45) is 7.96. The number of hydrogen-bond donors (Lipinski definition) is 0. The predicted octanol–water partition coefficient (Wildman–Crippen LogP) is 4.17. The Kier molecular flexibility index (Phi) is 7.22. The van der Waals surface area contributed by atoms with E-state index >= 15 is 0 Å². The fourth-order valence-electron chi connectivity index (χ4n) is 1.97. The summed E-state index contributed by atoms with van der Waals surface area (Å²) in [5.41, 5.74) is 1.72. The van der Waals surface area contributed by atoms with Crippen molar-refractivity contribution in [1.29, 1.82) is 0 Å². The van der Waals surface area contributed by atoms with Crippen LogP contribution in [0.2, 0.25) is 0 Å². The average molecular weight is 404 g/mol. The lowest BCUT2D eigenvalue weighted by atomic mass is 10.2. The molecule has 0 aliphatic rings. The summed E-state index contributed by atoms with van der Waals surface area (Å²) in [6, 6.07) is 7.39. The van der Waals surface area contributed by atoms with Gasteiger partial charge in [-0.1, -0.05) is 18.7 Å². The number of aromatic nitrogens is 1. The van der Waals surface area contributed by atoms with Crippen LogP contribution in [-0.4, -0.2) is 24.7 Å². The van der Waals surface area contributed by atoms with E-state index in [0.29, 0.717) is 18.1 Å². The predicted molar refractivity (Wildman–Crippen MR) is 99.5 cm³/mol. The van der Waals surface area contributed by atoms with Crippen LogP contribution in [0.1, 0.15) is 11.1 Å². The number of carbonyl (C=O) groups excluding carboxylic acids is 1. The number of benzene rings is 1. The topological polar surface area (TPSA) is 57.7 Å². The maximum atomic E-state index is 11.5. The average Bonchev–Trinajstić information content (AvgIpc) is 2.64. The van der Waals surface area contributed by atoms with Crippen LogP contribution < -0.4 is 9.47 Å².